The molecule has 1 saturated heterocycles. The maximum atomic E-state index is 12.8. The van der Waals surface area contributed by atoms with Crippen molar-refractivity contribution in [1.29, 1.82) is 0 Å². The fourth-order valence-electron chi connectivity index (χ4n) is 2.92. The minimum absolute atomic E-state index is 0.191. The highest BCUT2D eigenvalue weighted by Gasteiger charge is 2.26. The first-order valence-electron chi connectivity index (χ1n) is 8.74. The number of morpholine rings is 1. The van der Waals surface area contributed by atoms with E-state index in [0.29, 0.717) is 37.8 Å². The smallest absolute Gasteiger partial charge is 0.248 e. The van der Waals surface area contributed by atoms with Crippen LogP contribution < -0.4 is 4.74 Å². The second-order valence-corrected chi connectivity index (χ2v) is 8.12. The third-order valence-corrected chi connectivity index (χ3v) is 6.35. The van der Waals surface area contributed by atoms with E-state index in [1.807, 2.05) is 12.1 Å². The number of rotatable bonds is 5. The van der Waals surface area contributed by atoms with Crippen molar-refractivity contribution in [2.45, 2.75) is 4.90 Å². The zero-order chi connectivity index (χ0) is 19.6. The van der Waals surface area contributed by atoms with E-state index >= 15 is 0 Å². The third-order valence-electron chi connectivity index (χ3n) is 4.45. The number of nitrogens with zero attached hydrogens (tertiary/aromatic N) is 3. The largest absolute Gasteiger partial charge is 0.497 e. The zero-order valence-corrected chi connectivity index (χ0v) is 16.1. The van der Waals surface area contributed by atoms with E-state index in [1.165, 1.54) is 4.31 Å². The van der Waals surface area contributed by atoms with Gasteiger partial charge in [0.05, 0.1) is 25.2 Å². The molecule has 1 aliphatic rings. The van der Waals surface area contributed by atoms with Crippen LogP contribution >= 0.6 is 0 Å². The molecule has 2 aromatic carbocycles. The van der Waals surface area contributed by atoms with Crippen LogP contribution in [0.4, 0.5) is 0 Å². The minimum Gasteiger partial charge on any atom is -0.497 e. The number of hydrogen-bond donors (Lipinski definition) is 0. The highest BCUT2D eigenvalue weighted by atomic mass is 32.2. The summed E-state index contributed by atoms with van der Waals surface area (Å²) in [4.78, 5) is 0.191. The van der Waals surface area contributed by atoms with E-state index in [9.17, 15) is 8.42 Å². The first-order valence-corrected chi connectivity index (χ1v) is 10.2. The topological polar surface area (TPSA) is 94.8 Å². The Labute approximate surface area is 162 Å². The van der Waals surface area contributed by atoms with Gasteiger partial charge in [0.15, 0.2) is 0 Å². The first kappa shape index (κ1) is 18.6. The summed E-state index contributed by atoms with van der Waals surface area (Å²) in [6.45, 7) is 1.48. The van der Waals surface area contributed by atoms with Crippen molar-refractivity contribution in [3.05, 3.63) is 48.5 Å². The van der Waals surface area contributed by atoms with Crippen LogP contribution in [0.5, 0.6) is 5.75 Å². The molecular formula is C19H19N3O5S. The van der Waals surface area contributed by atoms with Gasteiger partial charge in [-0.15, -0.1) is 10.2 Å². The molecule has 8 nitrogen and oxygen atoms in total. The molecule has 3 aromatic rings. The van der Waals surface area contributed by atoms with Crippen molar-refractivity contribution in [2.24, 2.45) is 0 Å². The molecule has 2 heterocycles. The van der Waals surface area contributed by atoms with Gasteiger partial charge in [-0.1, -0.05) is 6.07 Å². The summed E-state index contributed by atoms with van der Waals surface area (Å²) >= 11 is 0. The van der Waals surface area contributed by atoms with Crippen LogP contribution in [0, 0.1) is 0 Å². The van der Waals surface area contributed by atoms with Gasteiger partial charge >= 0.3 is 0 Å². The molecule has 1 fully saturated rings. The molecule has 0 aliphatic carbocycles. The number of sulfonamides is 1. The molecule has 0 N–H and O–H groups in total. The molecule has 4 rings (SSSR count). The number of hydrogen-bond acceptors (Lipinski definition) is 7. The molecule has 0 spiro atoms. The summed E-state index contributed by atoms with van der Waals surface area (Å²) in [5.41, 5.74) is 1.29. The van der Waals surface area contributed by atoms with Crippen molar-refractivity contribution in [1.82, 2.24) is 14.5 Å². The van der Waals surface area contributed by atoms with Crippen LogP contribution in [0.3, 0.4) is 0 Å². The summed E-state index contributed by atoms with van der Waals surface area (Å²) in [7, 11) is -2.00. The lowest BCUT2D eigenvalue weighted by atomic mass is 10.2. The number of aromatic nitrogens is 2. The maximum absolute atomic E-state index is 12.8. The highest BCUT2D eigenvalue weighted by molar-refractivity contribution is 7.89. The average molecular weight is 401 g/mol. The summed E-state index contributed by atoms with van der Waals surface area (Å²) in [6.07, 6.45) is 0. The van der Waals surface area contributed by atoms with Gasteiger partial charge in [0.1, 0.15) is 5.75 Å². The Morgan fingerprint density at radius 1 is 0.964 bits per heavy atom. The van der Waals surface area contributed by atoms with Crippen LogP contribution in [0.25, 0.3) is 22.9 Å². The van der Waals surface area contributed by atoms with Gasteiger partial charge in [-0.3, -0.25) is 0 Å². The highest BCUT2D eigenvalue weighted by Crippen LogP contribution is 2.27. The van der Waals surface area contributed by atoms with Gasteiger partial charge in [-0.2, -0.15) is 4.31 Å². The molecule has 0 unspecified atom stereocenters. The predicted octanol–water partition coefficient (Wildman–Crippen LogP) is 2.43. The Balaban J connectivity index is 1.62. The number of ether oxygens (including phenoxy) is 2. The second kappa shape index (κ2) is 7.70. The average Bonchev–Trinajstić information content (AvgIpc) is 3.25. The van der Waals surface area contributed by atoms with Gasteiger partial charge in [-0.25, -0.2) is 8.42 Å². The normalized spacial score (nSPS) is 15.5. The van der Waals surface area contributed by atoms with E-state index in [-0.39, 0.29) is 10.8 Å². The van der Waals surface area contributed by atoms with Crippen LogP contribution in [0.15, 0.2) is 57.8 Å². The monoisotopic (exact) mass is 401 g/mol. The van der Waals surface area contributed by atoms with Gasteiger partial charge < -0.3 is 13.9 Å². The van der Waals surface area contributed by atoms with Crippen LogP contribution in [0.1, 0.15) is 0 Å². The van der Waals surface area contributed by atoms with Gasteiger partial charge in [0.2, 0.25) is 21.8 Å². The molecule has 0 saturated carbocycles. The van der Waals surface area contributed by atoms with Crippen molar-refractivity contribution in [3.8, 4) is 28.7 Å². The first-order chi connectivity index (χ1) is 13.6. The summed E-state index contributed by atoms with van der Waals surface area (Å²) in [5, 5.41) is 8.13. The Morgan fingerprint density at radius 3 is 2.32 bits per heavy atom. The predicted molar refractivity (Wildman–Crippen MR) is 101 cm³/mol. The zero-order valence-electron chi connectivity index (χ0n) is 15.2. The van der Waals surface area contributed by atoms with Crippen LogP contribution in [-0.4, -0.2) is 56.3 Å². The SMILES string of the molecule is COc1ccc(-c2nnc(-c3cccc(S(=O)(=O)N4CCOCC4)c3)o2)cc1. The van der Waals surface area contributed by atoms with E-state index in [4.69, 9.17) is 13.9 Å². The van der Waals surface area contributed by atoms with E-state index < -0.39 is 10.0 Å². The van der Waals surface area contributed by atoms with E-state index in [1.54, 1.807) is 43.5 Å². The number of methoxy groups -OCH3 is 1. The Morgan fingerprint density at radius 2 is 1.64 bits per heavy atom. The lowest BCUT2D eigenvalue weighted by molar-refractivity contribution is 0.0730. The summed E-state index contributed by atoms with van der Waals surface area (Å²) in [5.74, 6) is 1.33. The Kier molecular flexibility index (Phi) is 5.12. The van der Waals surface area contributed by atoms with Crippen molar-refractivity contribution in [3.63, 3.8) is 0 Å². The van der Waals surface area contributed by atoms with Crippen molar-refractivity contribution in [2.75, 3.05) is 33.4 Å². The van der Waals surface area contributed by atoms with Gasteiger partial charge in [0.25, 0.3) is 0 Å². The fourth-order valence-corrected chi connectivity index (χ4v) is 4.37. The van der Waals surface area contributed by atoms with E-state index in [0.717, 1.165) is 11.3 Å². The summed E-state index contributed by atoms with van der Waals surface area (Å²) in [6, 6.07) is 13.8. The maximum Gasteiger partial charge on any atom is 0.248 e. The molecule has 0 bridgehead atoms. The lowest BCUT2D eigenvalue weighted by Crippen LogP contribution is -2.40. The standard InChI is InChI=1S/C19H19N3O5S/c1-25-16-7-5-14(6-8-16)18-20-21-19(27-18)15-3-2-4-17(13-15)28(23,24)22-9-11-26-12-10-22/h2-8,13H,9-12H2,1H3. The van der Waals surface area contributed by atoms with Gasteiger partial charge in [-0.05, 0) is 42.5 Å². The third kappa shape index (κ3) is 3.64. The lowest BCUT2D eigenvalue weighted by Gasteiger charge is -2.26. The van der Waals surface area contributed by atoms with Crippen LogP contribution in [0.2, 0.25) is 0 Å². The quantitative estimate of drug-likeness (QED) is 0.648. The molecular weight excluding hydrogens is 382 g/mol. The summed E-state index contributed by atoms with van der Waals surface area (Å²) < 4.78 is 43.2. The van der Waals surface area contributed by atoms with Crippen molar-refractivity contribution < 1.29 is 22.3 Å². The molecule has 0 atom stereocenters. The molecule has 146 valence electrons. The Bertz CT molecular complexity index is 1060. The van der Waals surface area contributed by atoms with Crippen molar-refractivity contribution >= 4 is 10.0 Å². The number of benzene rings is 2. The fraction of sp³-hybridized carbons (Fsp3) is 0.263. The molecule has 1 aliphatic heterocycles. The molecule has 0 amide bonds. The second-order valence-electron chi connectivity index (χ2n) is 6.19. The molecule has 1 aromatic heterocycles. The molecule has 9 heteroatoms. The minimum atomic E-state index is -3.60. The van der Waals surface area contributed by atoms with Crippen LogP contribution in [-0.2, 0) is 14.8 Å². The Hall–Kier alpha value is -2.75. The van der Waals surface area contributed by atoms with Gasteiger partial charge in [0, 0.05) is 24.2 Å². The molecule has 0 radical (unpaired) electrons. The molecule has 28 heavy (non-hydrogen) atoms. The van der Waals surface area contributed by atoms with E-state index in [2.05, 4.69) is 10.2 Å².